The number of unbranched alkanes of at least 4 members (excludes halogenated alkanes) is 3. The number of anilines is 1. The summed E-state index contributed by atoms with van der Waals surface area (Å²) in [6.07, 6.45) is 5.26. The Morgan fingerprint density at radius 2 is 1.73 bits per heavy atom. The molecule has 0 fully saturated rings. The summed E-state index contributed by atoms with van der Waals surface area (Å²) in [5.41, 5.74) is 0.623. The standard InChI is InChI=1S/C24H33N5O4/c1-4-6-8-16-28-19(13-14-20(30)25-17-9-11-18(33-3)12-10-17)26-22-21(28)23(31)27-24(32)29(22)15-7-5-2/h9-12H,4-8,13-16H2,1-3H3,(H,25,30)(H,27,31,32). The van der Waals surface area contributed by atoms with Crippen LogP contribution in [0.25, 0.3) is 11.2 Å². The maximum absolute atomic E-state index is 12.7. The minimum absolute atomic E-state index is 0.149. The maximum Gasteiger partial charge on any atom is 0.330 e. The first-order valence-electron chi connectivity index (χ1n) is 11.6. The normalized spacial score (nSPS) is 11.1. The zero-order valence-electron chi connectivity index (χ0n) is 19.6. The summed E-state index contributed by atoms with van der Waals surface area (Å²) in [6, 6.07) is 7.13. The van der Waals surface area contributed by atoms with Gasteiger partial charge in [0.15, 0.2) is 11.2 Å². The van der Waals surface area contributed by atoms with Gasteiger partial charge in [-0.1, -0.05) is 33.1 Å². The molecule has 0 aliphatic rings. The van der Waals surface area contributed by atoms with Crippen LogP contribution in [0.2, 0.25) is 0 Å². The zero-order chi connectivity index (χ0) is 23.8. The molecule has 0 atom stereocenters. The molecule has 33 heavy (non-hydrogen) atoms. The van der Waals surface area contributed by atoms with Crippen LogP contribution in [0.3, 0.4) is 0 Å². The number of fused-ring (bicyclic) bond motifs is 1. The van der Waals surface area contributed by atoms with Crippen LogP contribution in [-0.2, 0) is 24.3 Å². The number of hydrogen-bond acceptors (Lipinski definition) is 5. The lowest BCUT2D eigenvalue weighted by Gasteiger charge is -2.09. The lowest BCUT2D eigenvalue weighted by Crippen LogP contribution is -2.31. The quantitative estimate of drug-likeness (QED) is 0.406. The first-order valence-corrected chi connectivity index (χ1v) is 11.6. The van der Waals surface area contributed by atoms with Crippen molar-refractivity contribution < 1.29 is 9.53 Å². The van der Waals surface area contributed by atoms with Crippen molar-refractivity contribution in [3.8, 4) is 5.75 Å². The van der Waals surface area contributed by atoms with Crippen LogP contribution >= 0.6 is 0 Å². The Labute approximate surface area is 192 Å². The number of aromatic nitrogens is 4. The molecule has 2 aromatic heterocycles. The van der Waals surface area contributed by atoms with Crippen LogP contribution in [0.1, 0.15) is 58.2 Å². The molecule has 3 rings (SSSR count). The number of carbonyl (C=O) groups is 1. The average molecular weight is 456 g/mol. The Kier molecular flexibility index (Phi) is 8.46. The van der Waals surface area contributed by atoms with E-state index in [-0.39, 0.29) is 12.3 Å². The molecule has 0 aliphatic carbocycles. The number of carbonyl (C=O) groups excluding carboxylic acids is 1. The van der Waals surface area contributed by atoms with Gasteiger partial charge in [0.05, 0.1) is 7.11 Å². The highest BCUT2D eigenvalue weighted by Gasteiger charge is 2.19. The van der Waals surface area contributed by atoms with E-state index in [9.17, 15) is 14.4 Å². The van der Waals surface area contributed by atoms with Crippen LogP contribution in [0, 0.1) is 0 Å². The zero-order valence-corrected chi connectivity index (χ0v) is 19.6. The molecule has 0 saturated carbocycles. The van der Waals surface area contributed by atoms with E-state index in [1.807, 2.05) is 11.5 Å². The number of H-pyrrole nitrogens is 1. The molecule has 9 heteroatoms. The van der Waals surface area contributed by atoms with Gasteiger partial charge in [0.25, 0.3) is 5.56 Å². The van der Waals surface area contributed by atoms with Gasteiger partial charge in [-0.2, -0.15) is 0 Å². The van der Waals surface area contributed by atoms with Gasteiger partial charge in [0, 0.05) is 31.6 Å². The second kappa shape index (κ2) is 11.5. The van der Waals surface area contributed by atoms with Gasteiger partial charge in [-0.05, 0) is 37.1 Å². The molecule has 2 heterocycles. The summed E-state index contributed by atoms with van der Waals surface area (Å²) in [5, 5.41) is 2.87. The summed E-state index contributed by atoms with van der Waals surface area (Å²) in [4.78, 5) is 44.8. The fourth-order valence-electron chi connectivity index (χ4n) is 3.82. The number of hydrogen-bond donors (Lipinski definition) is 2. The van der Waals surface area contributed by atoms with Gasteiger partial charge in [0.2, 0.25) is 5.91 Å². The number of rotatable bonds is 12. The minimum Gasteiger partial charge on any atom is -0.497 e. The van der Waals surface area contributed by atoms with Crippen LogP contribution in [-0.4, -0.2) is 32.1 Å². The Hall–Kier alpha value is -3.36. The van der Waals surface area contributed by atoms with Crippen LogP contribution in [0.4, 0.5) is 5.69 Å². The fraction of sp³-hybridized carbons (Fsp3) is 0.500. The Morgan fingerprint density at radius 3 is 2.39 bits per heavy atom. The molecule has 2 N–H and O–H groups in total. The topological polar surface area (TPSA) is 111 Å². The highest BCUT2D eigenvalue weighted by molar-refractivity contribution is 5.90. The number of methoxy groups -OCH3 is 1. The molecule has 0 unspecified atom stereocenters. The summed E-state index contributed by atoms with van der Waals surface area (Å²) in [5.74, 6) is 1.21. The fourth-order valence-corrected chi connectivity index (χ4v) is 3.82. The highest BCUT2D eigenvalue weighted by atomic mass is 16.5. The Balaban J connectivity index is 1.87. The van der Waals surface area contributed by atoms with Gasteiger partial charge in [0.1, 0.15) is 11.6 Å². The van der Waals surface area contributed by atoms with Crippen molar-refractivity contribution in [2.24, 2.45) is 0 Å². The van der Waals surface area contributed by atoms with Crippen LogP contribution in [0.5, 0.6) is 5.75 Å². The highest BCUT2D eigenvalue weighted by Crippen LogP contribution is 2.17. The van der Waals surface area contributed by atoms with Crippen molar-refractivity contribution in [1.82, 2.24) is 19.1 Å². The molecular formula is C24H33N5O4. The SMILES string of the molecule is CCCCCn1c(CCC(=O)Nc2ccc(OC)cc2)nc2c1c(=O)[nH]c(=O)n2CCCC. The monoisotopic (exact) mass is 455 g/mol. The molecule has 9 nitrogen and oxygen atoms in total. The van der Waals surface area contributed by atoms with Crippen molar-refractivity contribution in [2.75, 3.05) is 12.4 Å². The van der Waals surface area contributed by atoms with E-state index in [0.717, 1.165) is 32.1 Å². The van der Waals surface area contributed by atoms with E-state index in [2.05, 4.69) is 22.2 Å². The third-order valence-corrected chi connectivity index (χ3v) is 5.63. The second-order valence-electron chi connectivity index (χ2n) is 8.10. The number of amides is 1. The number of aromatic amines is 1. The first-order chi connectivity index (χ1) is 16.0. The summed E-state index contributed by atoms with van der Waals surface area (Å²) in [7, 11) is 1.59. The number of imidazole rings is 1. The smallest absolute Gasteiger partial charge is 0.330 e. The maximum atomic E-state index is 12.7. The van der Waals surface area contributed by atoms with Crippen molar-refractivity contribution in [3.05, 3.63) is 50.9 Å². The first kappa shape index (κ1) is 24.3. The molecule has 0 saturated heterocycles. The number of benzene rings is 1. The number of ether oxygens (including phenoxy) is 1. The van der Waals surface area contributed by atoms with E-state index in [0.29, 0.717) is 47.9 Å². The molecule has 0 radical (unpaired) electrons. The van der Waals surface area contributed by atoms with Gasteiger partial charge in [-0.25, -0.2) is 9.78 Å². The second-order valence-corrected chi connectivity index (χ2v) is 8.10. The third-order valence-electron chi connectivity index (χ3n) is 5.63. The molecule has 1 aromatic carbocycles. The summed E-state index contributed by atoms with van der Waals surface area (Å²) >= 11 is 0. The predicted molar refractivity (Wildman–Crippen MR) is 129 cm³/mol. The van der Waals surface area contributed by atoms with Crippen LogP contribution < -0.4 is 21.3 Å². The molecule has 0 bridgehead atoms. The lowest BCUT2D eigenvalue weighted by atomic mass is 10.2. The van der Waals surface area contributed by atoms with Crippen molar-refractivity contribution in [1.29, 1.82) is 0 Å². The van der Waals surface area contributed by atoms with Gasteiger partial charge in [-0.15, -0.1) is 0 Å². The van der Waals surface area contributed by atoms with Gasteiger partial charge < -0.3 is 14.6 Å². The molecular weight excluding hydrogens is 422 g/mol. The molecule has 0 aliphatic heterocycles. The summed E-state index contributed by atoms with van der Waals surface area (Å²) < 4.78 is 8.56. The Morgan fingerprint density at radius 1 is 1.03 bits per heavy atom. The average Bonchev–Trinajstić information content (AvgIpc) is 3.17. The van der Waals surface area contributed by atoms with E-state index in [4.69, 9.17) is 4.74 Å². The van der Waals surface area contributed by atoms with E-state index in [1.165, 1.54) is 4.57 Å². The van der Waals surface area contributed by atoms with E-state index in [1.54, 1.807) is 31.4 Å². The summed E-state index contributed by atoms with van der Waals surface area (Å²) in [6.45, 7) is 5.27. The molecule has 0 spiro atoms. The van der Waals surface area contributed by atoms with Crippen molar-refractivity contribution in [3.63, 3.8) is 0 Å². The minimum atomic E-state index is -0.442. The molecule has 3 aromatic rings. The van der Waals surface area contributed by atoms with Crippen molar-refractivity contribution in [2.45, 2.75) is 71.9 Å². The number of aryl methyl sites for hydroxylation is 3. The predicted octanol–water partition coefficient (Wildman–Crippen LogP) is 3.46. The van der Waals surface area contributed by atoms with Gasteiger partial charge >= 0.3 is 5.69 Å². The molecule has 1 amide bonds. The van der Waals surface area contributed by atoms with E-state index >= 15 is 0 Å². The Bertz CT molecular complexity index is 1190. The van der Waals surface area contributed by atoms with Crippen LogP contribution in [0.15, 0.2) is 33.9 Å². The van der Waals surface area contributed by atoms with E-state index < -0.39 is 11.2 Å². The molecule has 178 valence electrons. The van der Waals surface area contributed by atoms with Gasteiger partial charge in [-0.3, -0.25) is 19.1 Å². The largest absolute Gasteiger partial charge is 0.497 e. The van der Waals surface area contributed by atoms with Crippen molar-refractivity contribution >= 4 is 22.8 Å². The number of nitrogens with one attached hydrogen (secondary N) is 2. The number of nitrogens with zero attached hydrogens (tertiary/aromatic N) is 3. The third kappa shape index (κ3) is 5.91. The lowest BCUT2D eigenvalue weighted by molar-refractivity contribution is -0.116.